The Balaban J connectivity index is 1.71. The van der Waals surface area contributed by atoms with Crippen LogP contribution in [0.5, 0.6) is 11.5 Å². The molecule has 1 N–H and O–H groups in total. The van der Waals surface area contributed by atoms with Gasteiger partial charge in [0.05, 0.1) is 12.0 Å². The second-order valence-electron chi connectivity index (χ2n) is 6.44. The highest BCUT2D eigenvalue weighted by Gasteiger charge is 2.18. The lowest BCUT2D eigenvalue weighted by Crippen LogP contribution is -2.28. The number of ether oxygens (including phenoxy) is 2. The molecule has 0 amide bonds. The summed E-state index contributed by atoms with van der Waals surface area (Å²) < 4.78 is 39.0. The van der Waals surface area contributed by atoms with E-state index in [1.54, 1.807) is 43.5 Å². The molecule has 0 unspecified atom stereocenters. The van der Waals surface area contributed by atoms with Gasteiger partial charge in [0.2, 0.25) is 10.0 Å². The van der Waals surface area contributed by atoms with Crippen molar-refractivity contribution in [2.24, 2.45) is 0 Å². The standard InChI is InChI=1S/C21H24N2O4S/c1-23(2)20-8-4-7-19-18(20)6-5-9-21(19)28(24,25)22-14-15-27-17-12-10-16(26-3)11-13-17/h4-13,22H,14-15H2,1-3H3. The first-order valence-electron chi connectivity index (χ1n) is 8.88. The summed E-state index contributed by atoms with van der Waals surface area (Å²) in [6, 6.07) is 18.1. The molecule has 0 spiro atoms. The Hall–Kier alpha value is -2.77. The van der Waals surface area contributed by atoms with Crippen LogP contribution in [0.4, 0.5) is 5.69 Å². The van der Waals surface area contributed by atoms with Gasteiger partial charge in [0, 0.05) is 37.1 Å². The first kappa shape index (κ1) is 20.0. The van der Waals surface area contributed by atoms with Gasteiger partial charge in [-0.3, -0.25) is 0 Å². The van der Waals surface area contributed by atoms with Crippen molar-refractivity contribution in [2.45, 2.75) is 4.90 Å². The minimum absolute atomic E-state index is 0.165. The molecule has 148 valence electrons. The Bertz CT molecular complexity index is 1050. The summed E-state index contributed by atoms with van der Waals surface area (Å²) >= 11 is 0. The lowest BCUT2D eigenvalue weighted by molar-refractivity contribution is 0.322. The summed E-state index contributed by atoms with van der Waals surface area (Å²) in [5.74, 6) is 1.39. The van der Waals surface area contributed by atoms with E-state index < -0.39 is 10.0 Å². The summed E-state index contributed by atoms with van der Waals surface area (Å²) in [6.07, 6.45) is 0. The van der Waals surface area contributed by atoms with Crippen LogP contribution in [0.3, 0.4) is 0 Å². The molecule has 0 aromatic heterocycles. The maximum absolute atomic E-state index is 12.8. The van der Waals surface area contributed by atoms with Crippen LogP contribution in [0.2, 0.25) is 0 Å². The fourth-order valence-electron chi connectivity index (χ4n) is 2.98. The molecule has 0 bridgehead atoms. The van der Waals surface area contributed by atoms with Gasteiger partial charge in [-0.2, -0.15) is 0 Å². The number of anilines is 1. The van der Waals surface area contributed by atoms with Crippen molar-refractivity contribution in [3.05, 3.63) is 60.7 Å². The second-order valence-corrected chi connectivity index (χ2v) is 8.18. The van der Waals surface area contributed by atoms with Gasteiger partial charge in [0.1, 0.15) is 18.1 Å². The van der Waals surface area contributed by atoms with E-state index in [-0.39, 0.29) is 18.0 Å². The Morgan fingerprint density at radius 2 is 1.54 bits per heavy atom. The van der Waals surface area contributed by atoms with Crippen molar-refractivity contribution >= 4 is 26.5 Å². The van der Waals surface area contributed by atoms with Crippen molar-refractivity contribution in [1.29, 1.82) is 0 Å². The largest absolute Gasteiger partial charge is 0.497 e. The molecule has 0 saturated heterocycles. The van der Waals surface area contributed by atoms with Gasteiger partial charge in [0.15, 0.2) is 0 Å². The Morgan fingerprint density at radius 1 is 0.893 bits per heavy atom. The van der Waals surface area contributed by atoms with Gasteiger partial charge in [-0.25, -0.2) is 13.1 Å². The second kappa shape index (κ2) is 8.50. The predicted molar refractivity (Wildman–Crippen MR) is 112 cm³/mol. The first-order chi connectivity index (χ1) is 13.4. The summed E-state index contributed by atoms with van der Waals surface area (Å²) in [5, 5.41) is 1.59. The average molecular weight is 401 g/mol. The molecule has 0 heterocycles. The number of methoxy groups -OCH3 is 1. The molecule has 28 heavy (non-hydrogen) atoms. The van der Waals surface area contributed by atoms with E-state index in [0.717, 1.165) is 16.8 Å². The quantitative estimate of drug-likeness (QED) is 0.588. The van der Waals surface area contributed by atoms with Crippen LogP contribution in [0.15, 0.2) is 65.6 Å². The monoisotopic (exact) mass is 400 g/mol. The van der Waals surface area contributed by atoms with Gasteiger partial charge < -0.3 is 14.4 Å². The van der Waals surface area contributed by atoms with Crippen molar-refractivity contribution in [1.82, 2.24) is 4.72 Å². The molecule has 0 aliphatic carbocycles. The molecule has 0 aliphatic rings. The highest BCUT2D eigenvalue weighted by Crippen LogP contribution is 2.30. The van der Waals surface area contributed by atoms with E-state index in [4.69, 9.17) is 9.47 Å². The van der Waals surface area contributed by atoms with Crippen LogP contribution >= 0.6 is 0 Å². The maximum atomic E-state index is 12.8. The van der Waals surface area contributed by atoms with E-state index in [1.165, 1.54) is 0 Å². The molecule has 0 saturated carbocycles. The molecule has 3 rings (SSSR count). The summed E-state index contributed by atoms with van der Waals surface area (Å²) in [4.78, 5) is 2.23. The number of hydrogen-bond acceptors (Lipinski definition) is 5. The van der Waals surface area contributed by atoms with E-state index >= 15 is 0 Å². The number of nitrogens with zero attached hydrogens (tertiary/aromatic N) is 1. The third-order valence-corrected chi connectivity index (χ3v) is 5.87. The topological polar surface area (TPSA) is 67.9 Å². The van der Waals surface area contributed by atoms with Crippen LogP contribution < -0.4 is 19.1 Å². The third-order valence-electron chi connectivity index (χ3n) is 4.35. The molecule has 0 atom stereocenters. The zero-order chi connectivity index (χ0) is 20.1. The number of benzene rings is 3. The Kier molecular flexibility index (Phi) is 6.06. The molecule has 6 nitrogen and oxygen atoms in total. The maximum Gasteiger partial charge on any atom is 0.241 e. The smallest absolute Gasteiger partial charge is 0.241 e. The van der Waals surface area contributed by atoms with Crippen LogP contribution in [-0.4, -0.2) is 42.8 Å². The minimum Gasteiger partial charge on any atom is -0.497 e. The molecule has 0 radical (unpaired) electrons. The van der Waals surface area contributed by atoms with Crippen LogP contribution in [0.1, 0.15) is 0 Å². The van der Waals surface area contributed by atoms with E-state index in [1.807, 2.05) is 43.3 Å². The van der Waals surface area contributed by atoms with E-state index in [9.17, 15) is 8.42 Å². The van der Waals surface area contributed by atoms with Crippen LogP contribution in [0, 0.1) is 0 Å². The predicted octanol–water partition coefficient (Wildman–Crippen LogP) is 3.27. The highest BCUT2D eigenvalue weighted by molar-refractivity contribution is 7.89. The van der Waals surface area contributed by atoms with Crippen molar-refractivity contribution in [3.8, 4) is 11.5 Å². The van der Waals surface area contributed by atoms with Gasteiger partial charge in [-0.05, 0) is 36.4 Å². The third kappa shape index (κ3) is 4.37. The zero-order valence-corrected chi connectivity index (χ0v) is 17.0. The zero-order valence-electron chi connectivity index (χ0n) is 16.2. The number of hydrogen-bond donors (Lipinski definition) is 1. The van der Waals surface area contributed by atoms with Crippen molar-refractivity contribution < 1.29 is 17.9 Å². The van der Waals surface area contributed by atoms with Gasteiger partial charge in [-0.15, -0.1) is 0 Å². The Morgan fingerprint density at radius 3 is 2.21 bits per heavy atom. The van der Waals surface area contributed by atoms with Crippen molar-refractivity contribution in [3.63, 3.8) is 0 Å². The molecule has 0 aliphatic heterocycles. The van der Waals surface area contributed by atoms with Crippen LogP contribution in [0.25, 0.3) is 10.8 Å². The molecule has 3 aromatic carbocycles. The summed E-state index contributed by atoms with van der Waals surface area (Å²) in [5.41, 5.74) is 0.970. The fraction of sp³-hybridized carbons (Fsp3) is 0.238. The SMILES string of the molecule is COc1ccc(OCCNS(=O)(=O)c2cccc3c(N(C)C)cccc23)cc1. The lowest BCUT2D eigenvalue weighted by atomic mass is 10.1. The minimum atomic E-state index is -3.66. The average Bonchev–Trinajstić information content (AvgIpc) is 2.70. The van der Waals surface area contributed by atoms with E-state index in [2.05, 4.69) is 4.72 Å². The molecule has 0 fully saturated rings. The first-order valence-corrected chi connectivity index (χ1v) is 10.4. The van der Waals surface area contributed by atoms with Gasteiger partial charge in [0.25, 0.3) is 0 Å². The van der Waals surface area contributed by atoms with Gasteiger partial charge in [-0.1, -0.05) is 24.3 Å². The highest BCUT2D eigenvalue weighted by atomic mass is 32.2. The number of nitrogens with one attached hydrogen (secondary N) is 1. The van der Waals surface area contributed by atoms with Gasteiger partial charge >= 0.3 is 0 Å². The normalized spacial score (nSPS) is 11.4. The molecule has 7 heteroatoms. The summed E-state index contributed by atoms with van der Waals surface area (Å²) in [7, 11) is 1.80. The number of rotatable bonds is 8. The number of fused-ring (bicyclic) bond motifs is 1. The molecule has 3 aromatic rings. The van der Waals surface area contributed by atoms with E-state index in [0.29, 0.717) is 11.1 Å². The lowest BCUT2D eigenvalue weighted by Gasteiger charge is -2.17. The molecular weight excluding hydrogens is 376 g/mol. The Labute approximate surface area is 165 Å². The fourth-order valence-corrected chi connectivity index (χ4v) is 4.22. The molecular formula is C21H24N2O4S. The summed E-state index contributed by atoms with van der Waals surface area (Å²) in [6.45, 7) is 0.386. The van der Waals surface area contributed by atoms with Crippen molar-refractivity contribution in [2.75, 3.05) is 39.3 Å². The number of sulfonamides is 1. The van der Waals surface area contributed by atoms with Crippen LogP contribution in [-0.2, 0) is 10.0 Å².